The Morgan fingerprint density at radius 1 is 1.19 bits per heavy atom. The second-order valence-electron chi connectivity index (χ2n) is 4.02. The Balaban J connectivity index is 3.94. The zero-order chi connectivity index (χ0) is 12.4. The van der Waals surface area contributed by atoms with Crippen LogP contribution in [0.4, 0.5) is 0 Å². The molecule has 0 aromatic carbocycles. The summed E-state index contributed by atoms with van der Waals surface area (Å²) in [7, 11) is -1.47. The van der Waals surface area contributed by atoms with Gasteiger partial charge in [-0.1, -0.05) is 13.8 Å². The molecule has 1 unspecified atom stereocenters. The molecular weight excluding hydrogens is 218 g/mol. The van der Waals surface area contributed by atoms with Crippen molar-refractivity contribution >= 4 is 15.0 Å². The lowest BCUT2D eigenvalue weighted by Crippen LogP contribution is -2.28. The fourth-order valence-corrected chi connectivity index (χ4v) is 3.24. The molecule has 0 N–H and O–H groups in total. The monoisotopic (exact) mass is 245 g/mol. The average molecular weight is 245 g/mol. The van der Waals surface area contributed by atoms with Gasteiger partial charge in [-0.05, 0) is 39.2 Å². The third kappa shape index (κ3) is 7.14. The Morgan fingerprint density at radius 3 is 2.19 bits per heavy atom. The summed E-state index contributed by atoms with van der Waals surface area (Å²) in [5, 5.41) is 0. The molecule has 0 rings (SSSR count). The van der Waals surface area contributed by atoms with E-state index in [1.54, 1.807) is 0 Å². The van der Waals surface area contributed by atoms with E-state index in [9.17, 15) is 0 Å². The summed E-state index contributed by atoms with van der Waals surface area (Å²) in [5.74, 6) is 0. The van der Waals surface area contributed by atoms with Crippen LogP contribution in [0.2, 0.25) is 5.54 Å². The molecule has 4 heteroatoms. The van der Waals surface area contributed by atoms with Gasteiger partial charge in [0.15, 0.2) is 0 Å². The van der Waals surface area contributed by atoms with E-state index in [1.807, 2.05) is 13.8 Å². The Labute approximate surface area is 102 Å². The molecule has 96 valence electrons. The van der Waals surface area contributed by atoms with Crippen LogP contribution in [-0.4, -0.2) is 34.8 Å². The molecular formula is C12H27NO2Si. The molecule has 0 saturated carbocycles. The van der Waals surface area contributed by atoms with Crippen LogP contribution in [0.25, 0.3) is 0 Å². The molecule has 0 saturated heterocycles. The summed E-state index contributed by atoms with van der Waals surface area (Å²) < 4.78 is 11.4. The van der Waals surface area contributed by atoms with Crippen LogP contribution in [-0.2, 0) is 8.85 Å². The quantitative estimate of drug-likeness (QED) is 0.462. The van der Waals surface area contributed by atoms with Crippen molar-refractivity contribution in [2.24, 2.45) is 4.99 Å². The molecule has 0 aromatic rings. The Hall–Kier alpha value is -0.193. The van der Waals surface area contributed by atoms with Gasteiger partial charge in [0, 0.05) is 25.5 Å². The van der Waals surface area contributed by atoms with Crippen molar-refractivity contribution in [3.63, 3.8) is 0 Å². The second kappa shape index (κ2) is 9.99. The first-order valence-electron chi connectivity index (χ1n) is 6.38. The van der Waals surface area contributed by atoms with E-state index in [4.69, 9.17) is 8.85 Å². The van der Waals surface area contributed by atoms with Crippen molar-refractivity contribution in [2.45, 2.75) is 53.0 Å². The highest BCUT2D eigenvalue weighted by Crippen LogP contribution is 2.16. The fraction of sp³-hybridized carbons (Fsp3) is 0.917. The molecule has 0 aliphatic heterocycles. The van der Waals surface area contributed by atoms with Gasteiger partial charge in [-0.15, -0.1) is 0 Å². The first-order chi connectivity index (χ1) is 7.65. The zero-order valence-corrected chi connectivity index (χ0v) is 12.6. The van der Waals surface area contributed by atoms with E-state index < -0.39 is 9.28 Å². The first-order valence-corrected chi connectivity index (χ1v) is 7.99. The molecule has 16 heavy (non-hydrogen) atoms. The second-order valence-corrected chi connectivity index (χ2v) is 6.56. The van der Waals surface area contributed by atoms with Crippen LogP contribution in [0.5, 0.6) is 0 Å². The maximum Gasteiger partial charge on any atom is 0.324 e. The first kappa shape index (κ1) is 15.8. The van der Waals surface area contributed by atoms with Crippen molar-refractivity contribution in [3.05, 3.63) is 0 Å². The lowest BCUT2D eigenvalue weighted by Gasteiger charge is -2.20. The molecule has 0 heterocycles. The van der Waals surface area contributed by atoms with Crippen molar-refractivity contribution in [3.8, 4) is 0 Å². The number of rotatable bonds is 9. The van der Waals surface area contributed by atoms with Crippen molar-refractivity contribution in [1.29, 1.82) is 0 Å². The van der Waals surface area contributed by atoms with Crippen LogP contribution in [0.3, 0.4) is 0 Å². The topological polar surface area (TPSA) is 30.8 Å². The molecule has 1 atom stereocenters. The van der Waals surface area contributed by atoms with Crippen molar-refractivity contribution < 1.29 is 8.85 Å². The average Bonchev–Trinajstić information content (AvgIpc) is 2.28. The summed E-state index contributed by atoms with van der Waals surface area (Å²) in [6.45, 7) is 12.9. The van der Waals surface area contributed by atoms with Crippen LogP contribution >= 0.6 is 0 Å². The highest BCUT2D eigenvalue weighted by Gasteiger charge is 2.20. The number of hydrogen-bond donors (Lipinski definition) is 0. The lowest BCUT2D eigenvalue weighted by molar-refractivity contribution is 0.204. The standard InChI is InChI=1S/C12H27NO2Si/c1-6-11(4)13-10-9-12(5)16(14-7-2)15-8-3/h12,16H,6-10H2,1-5H3. The van der Waals surface area contributed by atoms with Gasteiger partial charge in [0.1, 0.15) is 0 Å². The highest BCUT2D eigenvalue weighted by molar-refractivity contribution is 6.46. The van der Waals surface area contributed by atoms with E-state index in [-0.39, 0.29) is 0 Å². The molecule has 0 fully saturated rings. The predicted molar refractivity (Wildman–Crippen MR) is 72.7 cm³/mol. The highest BCUT2D eigenvalue weighted by atomic mass is 28.3. The van der Waals surface area contributed by atoms with E-state index in [2.05, 4.69) is 25.8 Å². The molecule has 0 aliphatic carbocycles. The van der Waals surface area contributed by atoms with Gasteiger partial charge in [-0.2, -0.15) is 0 Å². The largest absolute Gasteiger partial charge is 0.397 e. The van der Waals surface area contributed by atoms with Crippen LogP contribution in [0.15, 0.2) is 4.99 Å². The molecule has 3 nitrogen and oxygen atoms in total. The predicted octanol–water partition coefficient (Wildman–Crippen LogP) is 2.93. The van der Waals surface area contributed by atoms with E-state index in [0.717, 1.165) is 32.6 Å². The van der Waals surface area contributed by atoms with Gasteiger partial charge >= 0.3 is 9.28 Å². The number of nitrogens with zero attached hydrogens (tertiary/aromatic N) is 1. The maximum absolute atomic E-state index is 5.70. The van der Waals surface area contributed by atoms with E-state index in [0.29, 0.717) is 5.54 Å². The third-order valence-electron chi connectivity index (χ3n) is 2.60. The minimum absolute atomic E-state index is 0.535. The van der Waals surface area contributed by atoms with Crippen LogP contribution < -0.4 is 0 Å². The van der Waals surface area contributed by atoms with Crippen molar-refractivity contribution in [2.75, 3.05) is 19.8 Å². The molecule has 0 radical (unpaired) electrons. The molecule has 0 spiro atoms. The van der Waals surface area contributed by atoms with Crippen LogP contribution in [0.1, 0.15) is 47.5 Å². The molecule has 0 amide bonds. The fourth-order valence-electron chi connectivity index (χ4n) is 1.41. The van der Waals surface area contributed by atoms with Gasteiger partial charge in [-0.3, -0.25) is 4.99 Å². The zero-order valence-electron chi connectivity index (χ0n) is 11.5. The SMILES string of the molecule is CCO[SiH](OCC)C(C)CCN=C(C)CC. The summed E-state index contributed by atoms with van der Waals surface area (Å²) in [4.78, 5) is 4.51. The smallest absolute Gasteiger partial charge is 0.324 e. The number of aliphatic imine (C=N–C) groups is 1. The van der Waals surface area contributed by atoms with E-state index in [1.165, 1.54) is 5.71 Å². The van der Waals surface area contributed by atoms with Crippen molar-refractivity contribution in [1.82, 2.24) is 0 Å². The molecule has 0 aromatic heterocycles. The summed E-state index contributed by atoms with van der Waals surface area (Å²) in [6, 6.07) is 0. The third-order valence-corrected chi connectivity index (χ3v) is 5.19. The Morgan fingerprint density at radius 2 is 1.75 bits per heavy atom. The summed E-state index contributed by atoms with van der Waals surface area (Å²) in [5.41, 5.74) is 1.77. The minimum atomic E-state index is -1.47. The lowest BCUT2D eigenvalue weighted by atomic mass is 10.3. The van der Waals surface area contributed by atoms with Gasteiger partial charge in [0.2, 0.25) is 0 Å². The Bertz CT molecular complexity index is 191. The van der Waals surface area contributed by atoms with E-state index >= 15 is 0 Å². The maximum atomic E-state index is 5.70. The molecule has 0 bridgehead atoms. The Kier molecular flexibility index (Phi) is 9.87. The summed E-state index contributed by atoms with van der Waals surface area (Å²) in [6.07, 6.45) is 2.13. The number of hydrogen-bond acceptors (Lipinski definition) is 3. The normalized spacial score (nSPS) is 14.5. The van der Waals surface area contributed by atoms with Gasteiger partial charge < -0.3 is 8.85 Å². The van der Waals surface area contributed by atoms with Gasteiger partial charge in [-0.25, -0.2) is 0 Å². The summed E-state index contributed by atoms with van der Waals surface area (Å²) >= 11 is 0. The molecule has 0 aliphatic rings. The minimum Gasteiger partial charge on any atom is -0.397 e. The van der Waals surface area contributed by atoms with Gasteiger partial charge in [0.05, 0.1) is 0 Å². The van der Waals surface area contributed by atoms with Crippen LogP contribution in [0, 0.1) is 0 Å². The van der Waals surface area contributed by atoms with Gasteiger partial charge in [0.25, 0.3) is 0 Å².